The molecule has 2 aromatic rings. The van der Waals surface area contributed by atoms with E-state index in [1.54, 1.807) is 0 Å². The first-order valence-corrected chi connectivity index (χ1v) is 7.64. The molecule has 0 atom stereocenters. The first-order valence-electron chi connectivity index (χ1n) is 7.64. The molecule has 0 spiro atoms. The van der Waals surface area contributed by atoms with Crippen LogP contribution in [-0.4, -0.2) is 18.2 Å². The fourth-order valence-electron chi connectivity index (χ4n) is 2.99. The van der Waals surface area contributed by atoms with Crippen molar-refractivity contribution in [2.45, 2.75) is 6.42 Å². The van der Waals surface area contributed by atoms with E-state index in [2.05, 4.69) is 46.9 Å². The highest BCUT2D eigenvalue weighted by Crippen LogP contribution is 2.33. The second-order valence-corrected chi connectivity index (χ2v) is 5.53. The predicted molar refractivity (Wildman–Crippen MR) is 91.2 cm³/mol. The highest BCUT2D eigenvalue weighted by atomic mass is 16.5. The molecule has 4 heteroatoms. The predicted octanol–water partition coefficient (Wildman–Crippen LogP) is 2.79. The summed E-state index contributed by atoms with van der Waals surface area (Å²) in [7, 11) is 0. The van der Waals surface area contributed by atoms with Crippen LogP contribution in [0.3, 0.4) is 0 Å². The third-order valence-electron chi connectivity index (χ3n) is 4.09. The fraction of sp³-hybridized carbons (Fsp3) is 0.158. The molecule has 2 heterocycles. The molecular formula is C19H17N3O. The van der Waals surface area contributed by atoms with E-state index in [-0.39, 0.29) is 6.61 Å². The Morgan fingerprint density at radius 2 is 2.09 bits per heavy atom. The number of rotatable bonds is 3. The quantitative estimate of drug-likeness (QED) is 0.883. The van der Waals surface area contributed by atoms with E-state index < -0.39 is 0 Å². The number of fused-ring (bicyclic) bond motifs is 3. The molecule has 0 saturated carbocycles. The van der Waals surface area contributed by atoms with Crippen LogP contribution in [0.25, 0.3) is 5.70 Å². The van der Waals surface area contributed by atoms with Crippen molar-refractivity contribution in [2.24, 2.45) is 0 Å². The van der Waals surface area contributed by atoms with Crippen molar-refractivity contribution in [1.82, 2.24) is 10.5 Å². The standard InChI is InChI=1S/C19H17N3O/c1-2-12-23-17-8-5-7-16(13-17)22-14-19-18-9-4-3-6-15(18)10-11-21(19)20-22/h1,3-9,13-14,20H,10-12H2. The lowest BCUT2D eigenvalue weighted by molar-refractivity contribution is 0.307. The topological polar surface area (TPSA) is 27.7 Å². The molecule has 0 aromatic heterocycles. The molecule has 4 nitrogen and oxygen atoms in total. The normalized spacial score (nSPS) is 15.5. The van der Waals surface area contributed by atoms with Gasteiger partial charge in [0.15, 0.2) is 0 Å². The van der Waals surface area contributed by atoms with Crippen LogP contribution in [0.15, 0.2) is 54.7 Å². The molecule has 2 aliphatic heterocycles. The lowest BCUT2D eigenvalue weighted by atomic mass is 9.98. The van der Waals surface area contributed by atoms with Gasteiger partial charge in [-0.25, -0.2) is 0 Å². The lowest BCUT2D eigenvalue weighted by Gasteiger charge is -2.29. The Hall–Kier alpha value is -2.90. The van der Waals surface area contributed by atoms with Crippen molar-refractivity contribution < 1.29 is 4.74 Å². The third kappa shape index (κ3) is 2.52. The second-order valence-electron chi connectivity index (χ2n) is 5.53. The molecule has 0 fully saturated rings. The van der Waals surface area contributed by atoms with Gasteiger partial charge in [0, 0.05) is 24.4 Å². The molecule has 1 N–H and O–H groups in total. The van der Waals surface area contributed by atoms with E-state index in [0.717, 1.165) is 24.4 Å². The molecule has 4 rings (SSSR count). The van der Waals surface area contributed by atoms with E-state index >= 15 is 0 Å². The average Bonchev–Trinajstić information content (AvgIpc) is 3.05. The minimum absolute atomic E-state index is 0.275. The Morgan fingerprint density at radius 3 is 3.00 bits per heavy atom. The molecule has 0 aliphatic carbocycles. The summed E-state index contributed by atoms with van der Waals surface area (Å²) in [5.74, 6) is 3.25. The monoisotopic (exact) mass is 303 g/mol. The Labute approximate surface area is 135 Å². The van der Waals surface area contributed by atoms with E-state index in [0.29, 0.717) is 0 Å². The molecule has 114 valence electrons. The molecule has 23 heavy (non-hydrogen) atoms. The van der Waals surface area contributed by atoms with Crippen molar-refractivity contribution in [3.8, 4) is 18.1 Å². The van der Waals surface area contributed by atoms with Gasteiger partial charge in [-0.3, -0.25) is 10.0 Å². The third-order valence-corrected chi connectivity index (χ3v) is 4.09. The van der Waals surface area contributed by atoms with Crippen LogP contribution >= 0.6 is 0 Å². The maximum atomic E-state index is 5.51. The fourth-order valence-corrected chi connectivity index (χ4v) is 2.99. The van der Waals surface area contributed by atoms with Crippen LogP contribution in [0, 0.1) is 12.3 Å². The van der Waals surface area contributed by atoms with Gasteiger partial charge in [-0.2, -0.15) is 0 Å². The summed E-state index contributed by atoms with van der Waals surface area (Å²) < 4.78 is 5.51. The van der Waals surface area contributed by atoms with Crippen LogP contribution in [-0.2, 0) is 6.42 Å². The largest absolute Gasteiger partial charge is 0.481 e. The van der Waals surface area contributed by atoms with Crippen molar-refractivity contribution >= 4 is 11.4 Å². The van der Waals surface area contributed by atoms with E-state index in [1.807, 2.05) is 29.3 Å². The molecule has 2 aromatic carbocycles. The molecule has 0 unspecified atom stereocenters. The molecule has 0 radical (unpaired) electrons. The van der Waals surface area contributed by atoms with E-state index in [9.17, 15) is 0 Å². The summed E-state index contributed by atoms with van der Waals surface area (Å²) in [5.41, 5.74) is 8.30. The number of nitrogens with one attached hydrogen (secondary N) is 1. The van der Waals surface area contributed by atoms with Crippen molar-refractivity contribution in [1.29, 1.82) is 0 Å². The zero-order chi connectivity index (χ0) is 15.6. The van der Waals surface area contributed by atoms with Gasteiger partial charge in [0.2, 0.25) is 0 Å². The number of hydrogen-bond acceptors (Lipinski definition) is 4. The van der Waals surface area contributed by atoms with Gasteiger partial charge in [0.25, 0.3) is 0 Å². The SMILES string of the molecule is C#CCOc1cccc(N2C=C3c4ccccc4CCN3N2)c1. The van der Waals surface area contributed by atoms with Gasteiger partial charge in [-0.15, -0.1) is 12.0 Å². The van der Waals surface area contributed by atoms with Gasteiger partial charge in [-0.05, 0) is 24.1 Å². The Kier molecular flexibility index (Phi) is 3.41. The molecular weight excluding hydrogens is 286 g/mol. The van der Waals surface area contributed by atoms with Crippen molar-refractivity contribution in [3.05, 3.63) is 65.9 Å². The van der Waals surface area contributed by atoms with Gasteiger partial charge in [0.05, 0.1) is 11.4 Å². The van der Waals surface area contributed by atoms with Gasteiger partial charge < -0.3 is 4.74 Å². The second kappa shape index (κ2) is 5.71. The summed E-state index contributed by atoms with van der Waals surface area (Å²) in [4.78, 5) is 0. The Morgan fingerprint density at radius 1 is 1.17 bits per heavy atom. The zero-order valence-corrected chi connectivity index (χ0v) is 12.7. The smallest absolute Gasteiger partial charge is 0.148 e. The van der Waals surface area contributed by atoms with Gasteiger partial charge in [0.1, 0.15) is 12.4 Å². The number of terminal acetylenes is 1. The first kappa shape index (κ1) is 13.7. The summed E-state index contributed by atoms with van der Waals surface area (Å²) in [6, 6.07) is 16.4. The van der Waals surface area contributed by atoms with Crippen molar-refractivity contribution in [2.75, 3.05) is 18.2 Å². The summed E-state index contributed by atoms with van der Waals surface area (Å²) >= 11 is 0. The number of benzene rings is 2. The maximum Gasteiger partial charge on any atom is 0.148 e. The van der Waals surface area contributed by atoms with Gasteiger partial charge in [-0.1, -0.05) is 36.3 Å². The van der Waals surface area contributed by atoms with Crippen LogP contribution < -0.4 is 15.3 Å². The average molecular weight is 303 g/mol. The minimum Gasteiger partial charge on any atom is -0.481 e. The summed E-state index contributed by atoms with van der Waals surface area (Å²) in [6.45, 7) is 1.23. The highest BCUT2D eigenvalue weighted by molar-refractivity contribution is 5.73. The molecule has 0 bridgehead atoms. The number of hydrogen-bond donors (Lipinski definition) is 1. The maximum absolute atomic E-state index is 5.51. The lowest BCUT2D eigenvalue weighted by Crippen LogP contribution is -2.42. The number of nitrogens with zero attached hydrogens (tertiary/aromatic N) is 2. The minimum atomic E-state index is 0.275. The van der Waals surface area contributed by atoms with Gasteiger partial charge >= 0.3 is 0 Å². The van der Waals surface area contributed by atoms with Crippen LogP contribution in [0.5, 0.6) is 5.75 Å². The van der Waals surface area contributed by atoms with Crippen LogP contribution in [0.1, 0.15) is 11.1 Å². The number of ether oxygens (including phenoxy) is 1. The first-order chi connectivity index (χ1) is 11.3. The highest BCUT2D eigenvalue weighted by Gasteiger charge is 2.27. The van der Waals surface area contributed by atoms with E-state index in [1.165, 1.54) is 16.8 Å². The molecule has 0 amide bonds. The number of anilines is 1. The van der Waals surface area contributed by atoms with Crippen LogP contribution in [0.2, 0.25) is 0 Å². The van der Waals surface area contributed by atoms with Crippen LogP contribution in [0.4, 0.5) is 5.69 Å². The number of hydrazine groups is 2. The molecule has 0 saturated heterocycles. The summed E-state index contributed by atoms with van der Waals surface area (Å²) in [5, 5.41) is 4.19. The van der Waals surface area contributed by atoms with E-state index in [4.69, 9.17) is 11.2 Å². The summed E-state index contributed by atoms with van der Waals surface area (Å²) in [6.07, 6.45) is 8.41. The molecule has 2 aliphatic rings. The Bertz CT molecular complexity index is 806. The zero-order valence-electron chi connectivity index (χ0n) is 12.7. The Balaban J connectivity index is 1.63. The van der Waals surface area contributed by atoms with Crippen molar-refractivity contribution in [3.63, 3.8) is 0 Å².